The molecule has 0 radical (unpaired) electrons. The zero-order valence-electron chi connectivity index (χ0n) is 14.5. The van der Waals surface area contributed by atoms with Crippen LogP contribution in [-0.4, -0.2) is 26.1 Å². The number of hydrogen-bond acceptors (Lipinski definition) is 6. The first kappa shape index (κ1) is 18.7. The molecule has 2 heterocycles. The number of carbonyl (C=O) groups is 1. The van der Waals surface area contributed by atoms with Gasteiger partial charge < -0.3 is 10.3 Å². The smallest absolute Gasteiger partial charge is 0.251 e. The standard InChI is InChI=1S/C16H22N4O2S2/c1-9-6-12(21)20-15(18-9)24-10(2)14(22)17-7-13-19-11(8-23-13)16(3,4)5/h6,8,10H,7H2,1-5H3,(H,17,22)(H,18,20,21)/t10-/m1/s1. The number of aryl methyl sites for hydroxylation is 1. The summed E-state index contributed by atoms with van der Waals surface area (Å²) in [7, 11) is 0. The average Bonchev–Trinajstić information content (AvgIpc) is 2.92. The van der Waals surface area contributed by atoms with Gasteiger partial charge in [0.2, 0.25) is 5.91 Å². The second-order valence-corrected chi connectivity index (χ2v) is 8.82. The highest BCUT2D eigenvalue weighted by Gasteiger charge is 2.19. The molecule has 8 heteroatoms. The van der Waals surface area contributed by atoms with Crippen molar-refractivity contribution >= 4 is 29.0 Å². The van der Waals surface area contributed by atoms with Gasteiger partial charge in [0.05, 0.1) is 17.5 Å². The summed E-state index contributed by atoms with van der Waals surface area (Å²) in [6, 6.07) is 1.42. The number of amides is 1. The molecule has 0 aliphatic rings. The van der Waals surface area contributed by atoms with E-state index in [0.717, 1.165) is 10.7 Å². The molecule has 2 rings (SSSR count). The lowest BCUT2D eigenvalue weighted by Gasteiger charge is -2.14. The molecule has 1 amide bonds. The Morgan fingerprint density at radius 2 is 2.12 bits per heavy atom. The molecule has 130 valence electrons. The number of hydrogen-bond donors (Lipinski definition) is 2. The number of H-pyrrole nitrogens is 1. The Morgan fingerprint density at radius 1 is 1.42 bits per heavy atom. The summed E-state index contributed by atoms with van der Waals surface area (Å²) < 4.78 is 0. The Bertz CT molecular complexity index is 777. The molecule has 2 aromatic rings. The number of aromatic amines is 1. The number of carbonyl (C=O) groups excluding carboxylic acids is 1. The highest BCUT2D eigenvalue weighted by Crippen LogP contribution is 2.24. The fraction of sp³-hybridized carbons (Fsp3) is 0.500. The van der Waals surface area contributed by atoms with Crippen LogP contribution in [0.15, 0.2) is 21.4 Å². The molecule has 0 aliphatic carbocycles. The molecule has 0 unspecified atom stereocenters. The number of thiazole rings is 1. The molecule has 0 spiro atoms. The Kier molecular flexibility index (Phi) is 5.82. The lowest BCUT2D eigenvalue weighted by atomic mass is 9.93. The molecular formula is C16H22N4O2S2. The van der Waals surface area contributed by atoms with Crippen LogP contribution < -0.4 is 10.9 Å². The van der Waals surface area contributed by atoms with Crippen molar-refractivity contribution in [1.82, 2.24) is 20.3 Å². The van der Waals surface area contributed by atoms with E-state index in [2.05, 4.69) is 41.0 Å². The van der Waals surface area contributed by atoms with Crippen molar-refractivity contribution in [3.8, 4) is 0 Å². The normalized spacial score (nSPS) is 12.9. The number of aromatic nitrogens is 3. The van der Waals surface area contributed by atoms with Crippen LogP contribution in [0.2, 0.25) is 0 Å². The molecule has 1 atom stereocenters. The lowest BCUT2D eigenvalue weighted by Crippen LogP contribution is -2.30. The van der Waals surface area contributed by atoms with Crippen molar-refractivity contribution < 1.29 is 4.79 Å². The monoisotopic (exact) mass is 366 g/mol. The number of rotatable bonds is 5. The van der Waals surface area contributed by atoms with Crippen molar-refractivity contribution in [2.24, 2.45) is 0 Å². The van der Waals surface area contributed by atoms with Gasteiger partial charge in [-0.2, -0.15) is 0 Å². The Hall–Kier alpha value is -1.67. The van der Waals surface area contributed by atoms with Crippen LogP contribution >= 0.6 is 23.1 Å². The van der Waals surface area contributed by atoms with Crippen molar-refractivity contribution in [2.75, 3.05) is 0 Å². The zero-order valence-corrected chi connectivity index (χ0v) is 16.1. The van der Waals surface area contributed by atoms with Gasteiger partial charge in [0.1, 0.15) is 5.01 Å². The molecule has 0 saturated heterocycles. The van der Waals surface area contributed by atoms with E-state index in [9.17, 15) is 9.59 Å². The number of nitrogens with zero attached hydrogens (tertiary/aromatic N) is 2. The molecule has 0 aliphatic heterocycles. The van der Waals surface area contributed by atoms with E-state index in [1.54, 1.807) is 25.2 Å². The topological polar surface area (TPSA) is 87.7 Å². The Balaban J connectivity index is 1.92. The third-order valence-corrected chi connectivity index (χ3v) is 5.07. The van der Waals surface area contributed by atoms with E-state index in [1.165, 1.54) is 17.8 Å². The molecular weight excluding hydrogens is 344 g/mol. The summed E-state index contributed by atoms with van der Waals surface area (Å²) in [6.45, 7) is 10.3. The highest BCUT2D eigenvalue weighted by atomic mass is 32.2. The van der Waals surface area contributed by atoms with Gasteiger partial charge in [0, 0.05) is 22.6 Å². The van der Waals surface area contributed by atoms with Crippen LogP contribution in [0.3, 0.4) is 0 Å². The van der Waals surface area contributed by atoms with Crippen LogP contribution in [0.1, 0.15) is 44.1 Å². The summed E-state index contributed by atoms with van der Waals surface area (Å²) >= 11 is 2.77. The van der Waals surface area contributed by atoms with E-state index < -0.39 is 0 Å². The Morgan fingerprint density at radius 3 is 2.71 bits per heavy atom. The quantitative estimate of drug-likeness (QED) is 0.627. The van der Waals surface area contributed by atoms with Crippen LogP contribution in [-0.2, 0) is 16.8 Å². The summed E-state index contributed by atoms with van der Waals surface area (Å²) in [4.78, 5) is 35.1. The van der Waals surface area contributed by atoms with Crippen molar-refractivity contribution in [3.63, 3.8) is 0 Å². The van der Waals surface area contributed by atoms with E-state index in [0.29, 0.717) is 17.4 Å². The molecule has 6 nitrogen and oxygen atoms in total. The third kappa shape index (κ3) is 5.17. The molecule has 2 aromatic heterocycles. The second-order valence-electron chi connectivity index (χ2n) is 6.55. The minimum Gasteiger partial charge on any atom is -0.349 e. The average molecular weight is 367 g/mol. The van der Waals surface area contributed by atoms with Gasteiger partial charge in [-0.3, -0.25) is 9.59 Å². The van der Waals surface area contributed by atoms with Crippen molar-refractivity contribution in [1.29, 1.82) is 0 Å². The summed E-state index contributed by atoms with van der Waals surface area (Å²) in [5, 5.41) is 5.88. The summed E-state index contributed by atoms with van der Waals surface area (Å²) in [6.07, 6.45) is 0. The van der Waals surface area contributed by atoms with Crippen LogP contribution in [0, 0.1) is 6.92 Å². The molecule has 0 saturated carbocycles. The maximum absolute atomic E-state index is 12.2. The zero-order chi connectivity index (χ0) is 17.9. The predicted octanol–water partition coefficient (Wildman–Crippen LogP) is 2.63. The largest absolute Gasteiger partial charge is 0.349 e. The third-order valence-electron chi connectivity index (χ3n) is 3.24. The molecule has 0 fully saturated rings. The summed E-state index contributed by atoms with van der Waals surface area (Å²) in [5.74, 6) is -0.114. The Labute approximate surface area is 149 Å². The number of nitrogens with one attached hydrogen (secondary N) is 2. The lowest BCUT2D eigenvalue weighted by molar-refractivity contribution is -0.120. The predicted molar refractivity (Wildman–Crippen MR) is 97.6 cm³/mol. The summed E-state index contributed by atoms with van der Waals surface area (Å²) in [5.41, 5.74) is 1.45. The van der Waals surface area contributed by atoms with Gasteiger partial charge in [-0.1, -0.05) is 32.5 Å². The maximum Gasteiger partial charge on any atom is 0.251 e. The van der Waals surface area contributed by atoms with Crippen LogP contribution in [0.25, 0.3) is 0 Å². The van der Waals surface area contributed by atoms with Crippen LogP contribution in [0.4, 0.5) is 0 Å². The first-order chi connectivity index (χ1) is 11.1. The van der Waals surface area contributed by atoms with E-state index in [1.807, 2.05) is 5.38 Å². The molecule has 24 heavy (non-hydrogen) atoms. The minimum atomic E-state index is -0.364. The van der Waals surface area contributed by atoms with Gasteiger partial charge >= 0.3 is 0 Å². The van der Waals surface area contributed by atoms with Gasteiger partial charge in [-0.25, -0.2) is 9.97 Å². The van der Waals surface area contributed by atoms with E-state index in [4.69, 9.17) is 0 Å². The van der Waals surface area contributed by atoms with Gasteiger partial charge in [-0.15, -0.1) is 11.3 Å². The van der Waals surface area contributed by atoms with Gasteiger partial charge in [0.25, 0.3) is 5.56 Å². The fourth-order valence-corrected chi connectivity index (χ4v) is 3.71. The van der Waals surface area contributed by atoms with E-state index in [-0.39, 0.29) is 22.1 Å². The second kappa shape index (κ2) is 7.48. The first-order valence-electron chi connectivity index (χ1n) is 7.62. The van der Waals surface area contributed by atoms with Crippen molar-refractivity contribution in [3.05, 3.63) is 38.2 Å². The first-order valence-corrected chi connectivity index (χ1v) is 9.38. The van der Waals surface area contributed by atoms with E-state index >= 15 is 0 Å². The fourth-order valence-electron chi connectivity index (χ4n) is 1.87. The maximum atomic E-state index is 12.2. The van der Waals surface area contributed by atoms with Crippen LogP contribution in [0.5, 0.6) is 0 Å². The van der Waals surface area contributed by atoms with Crippen molar-refractivity contribution in [2.45, 2.75) is 57.0 Å². The molecule has 2 N–H and O–H groups in total. The molecule has 0 bridgehead atoms. The van der Waals surface area contributed by atoms with Gasteiger partial charge in [-0.05, 0) is 13.8 Å². The number of thioether (sulfide) groups is 1. The minimum absolute atomic E-state index is 0.00458. The molecule has 0 aromatic carbocycles. The van der Waals surface area contributed by atoms with Gasteiger partial charge in [0.15, 0.2) is 5.16 Å². The highest BCUT2D eigenvalue weighted by molar-refractivity contribution is 8.00. The SMILES string of the molecule is Cc1cc(=O)[nH]c(S[C@H](C)C(=O)NCc2nc(C(C)(C)C)cs2)n1.